The van der Waals surface area contributed by atoms with Crippen molar-refractivity contribution in [2.24, 2.45) is 16.7 Å². The van der Waals surface area contributed by atoms with Crippen LogP contribution < -0.4 is 10.1 Å². The van der Waals surface area contributed by atoms with Crippen molar-refractivity contribution >= 4 is 17.2 Å². The number of benzene rings is 1. The molecule has 1 heterocycles. The molecule has 0 radical (unpaired) electrons. The molecule has 32 heavy (non-hydrogen) atoms. The first-order chi connectivity index (χ1) is 15.2. The summed E-state index contributed by atoms with van der Waals surface area (Å²) in [6.45, 7) is 6.58. The van der Waals surface area contributed by atoms with Crippen LogP contribution in [0, 0.1) is 23.7 Å². The predicted molar refractivity (Wildman–Crippen MR) is 125 cm³/mol. The standard InChI is InChI=1S/C25H34N2O4S/c1-15-27-23-17(11-22(30)26-13-16-7-5-6-8-18(16)31-4)24(2)10-9-21(29)25(3,14-28)20(24)12-19(23)32-15/h5-8,17,20-21,28-29H,9-14H2,1-4H3,(H,26,30). The van der Waals surface area contributed by atoms with E-state index in [0.29, 0.717) is 19.4 Å². The molecular weight excluding hydrogens is 424 g/mol. The van der Waals surface area contributed by atoms with Crippen LogP contribution in [0.15, 0.2) is 24.3 Å². The molecule has 5 atom stereocenters. The van der Waals surface area contributed by atoms with Crippen LogP contribution in [0.2, 0.25) is 0 Å². The van der Waals surface area contributed by atoms with Gasteiger partial charge in [0.15, 0.2) is 0 Å². The van der Waals surface area contributed by atoms with E-state index in [2.05, 4.69) is 12.2 Å². The minimum absolute atomic E-state index is 0.0174. The Morgan fingerprint density at radius 2 is 2.09 bits per heavy atom. The maximum atomic E-state index is 13.1. The highest BCUT2D eigenvalue weighted by Crippen LogP contribution is 2.62. The van der Waals surface area contributed by atoms with Crippen LogP contribution in [0.5, 0.6) is 5.75 Å². The summed E-state index contributed by atoms with van der Waals surface area (Å²) in [7, 11) is 1.63. The highest BCUT2D eigenvalue weighted by atomic mass is 32.1. The number of carbonyl (C=O) groups excluding carboxylic acids is 1. The molecule has 6 nitrogen and oxygen atoms in total. The molecule has 0 aliphatic heterocycles. The van der Waals surface area contributed by atoms with Gasteiger partial charge in [-0.1, -0.05) is 32.0 Å². The fourth-order valence-corrected chi connectivity index (χ4v) is 7.11. The quantitative estimate of drug-likeness (QED) is 0.615. The van der Waals surface area contributed by atoms with Gasteiger partial charge < -0.3 is 20.3 Å². The van der Waals surface area contributed by atoms with Gasteiger partial charge in [-0.2, -0.15) is 0 Å². The van der Waals surface area contributed by atoms with Crippen LogP contribution in [0.1, 0.15) is 60.2 Å². The molecule has 1 saturated carbocycles. The minimum Gasteiger partial charge on any atom is -0.496 e. The number of aliphatic hydroxyl groups excluding tert-OH is 2. The largest absolute Gasteiger partial charge is 0.496 e. The number of hydrogen-bond acceptors (Lipinski definition) is 6. The number of amides is 1. The molecule has 1 aromatic carbocycles. The van der Waals surface area contributed by atoms with Crippen molar-refractivity contribution in [1.29, 1.82) is 0 Å². The van der Waals surface area contributed by atoms with Crippen molar-refractivity contribution in [3.63, 3.8) is 0 Å². The third kappa shape index (κ3) is 3.84. The second-order valence-corrected chi connectivity index (χ2v) is 11.2. The van der Waals surface area contributed by atoms with Crippen LogP contribution in [-0.2, 0) is 17.8 Å². The molecule has 5 unspecified atom stereocenters. The van der Waals surface area contributed by atoms with Crippen molar-refractivity contribution in [3.05, 3.63) is 45.4 Å². The molecule has 7 heteroatoms. The molecule has 174 valence electrons. The van der Waals surface area contributed by atoms with E-state index in [0.717, 1.165) is 34.9 Å². The van der Waals surface area contributed by atoms with E-state index < -0.39 is 11.5 Å². The van der Waals surface area contributed by atoms with Crippen molar-refractivity contribution in [1.82, 2.24) is 10.3 Å². The lowest BCUT2D eigenvalue weighted by atomic mass is 9.47. The summed E-state index contributed by atoms with van der Waals surface area (Å²) >= 11 is 1.68. The first-order valence-electron chi connectivity index (χ1n) is 11.4. The van der Waals surface area contributed by atoms with E-state index in [-0.39, 0.29) is 29.8 Å². The van der Waals surface area contributed by atoms with E-state index in [1.54, 1.807) is 18.4 Å². The topological polar surface area (TPSA) is 91.7 Å². The molecule has 1 aromatic heterocycles. The summed E-state index contributed by atoms with van der Waals surface area (Å²) in [5.41, 5.74) is 1.17. The Bertz CT molecular complexity index is 992. The van der Waals surface area contributed by atoms with E-state index >= 15 is 0 Å². The Labute approximate surface area is 194 Å². The number of para-hydroxylation sites is 1. The predicted octanol–water partition coefficient (Wildman–Crippen LogP) is 3.58. The smallest absolute Gasteiger partial charge is 0.220 e. The lowest BCUT2D eigenvalue weighted by molar-refractivity contribution is -0.144. The fraction of sp³-hybridized carbons (Fsp3) is 0.600. The number of carbonyl (C=O) groups is 1. The first-order valence-corrected chi connectivity index (χ1v) is 12.2. The summed E-state index contributed by atoms with van der Waals surface area (Å²) in [6.07, 6.45) is 2.04. The molecule has 0 bridgehead atoms. The van der Waals surface area contributed by atoms with Gasteiger partial charge in [-0.15, -0.1) is 11.3 Å². The molecule has 0 spiro atoms. The number of aromatic nitrogens is 1. The first kappa shape index (κ1) is 23.2. The average Bonchev–Trinajstić information content (AvgIpc) is 3.16. The summed E-state index contributed by atoms with van der Waals surface area (Å²) in [4.78, 5) is 19.2. The molecular formula is C25H34N2O4S. The summed E-state index contributed by atoms with van der Waals surface area (Å²) in [6, 6.07) is 7.69. The average molecular weight is 459 g/mol. The van der Waals surface area contributed by atoms with Gasteiger partial charge in [-0.05, 0) is 43.6 Å². The van der Waals surface area contributed by atoms with Crippen molar-refractivity contribution < 1.29 is 19.7 Å². The summed E-state index contributed by atoms with van der Waals surface area (Å²) in [5.74, 6) is 0.784. The number of hydrogen-bond donors (Lipinski definition) is 3. The number of fused-ring (bicyclic) bond motifs is 2. The van der Waals surface area contributed by atoms with Crippen LogP contribution in [0.25, 0.3) is 0 Å². The van der Waals surface area contributed by atoms with E-state index in [9.17, 15) is 15.0 Å². The second kappa shape index (κ2) is 8.76. The molecule has 2 aliphatic rings. The Morgan fingerprint density at radius 3 is 2.81 bits per heavy atom. The number of methoxy groups -OCH3 is 1. The third-order valence-corrected chi connectivity index (χ3v) is 9.07. The van der Waals surface area contributed by atoms with Crippen molar-refractivity contribution in [2.75, 3.05) is 13.7 Å². The Hall–Kier alpha value is -1.96. The number of ether oxygens (including phenoxy) is 1. The number of aliphatic hydroxyl groups is 2. The van der Waals surface area contributed by atoms with Gasteiger partial charge in [-0.3, -0.25) is 4.79 Å². The van der Waals surface area contributed by atoms with Gasteiger partial charge in [0.05, 0.1) is 30.5 Å². The number of nitrogens with one attached hydrogen (secondary N) is 1. The third-order valence-electron chi connectivity index (χ3n) is 8.06. The molecule has 4 rings (SSSR count). The Balaban J connectivity index is 1.60. The SMILES string of the molecule is COc1ccccc1CNC(=O)CC1c2nc(C)sc2CC2C(C)(CO)C(O)CCC12C. The zero-order chi connectivity index (χ0) is 23.1. The number of rotatable bonds is 6. The van der Waals surface area contributed by atoms with E-state index in [4.69, 9.17) is 9.72 Å². The normalized spacial score (nSPS) is 31.5. The number of aryl methyl sites for hydroxylation is 1. The van der Waals surface area contributed by atoms with Crippen molar-refractivity contribution in [3.8, 4) is 5.75 Å². The maximum absolute atomic E-state index is 13.1. The van der Waals surface area contributed by atoms with Crippen LogP contribution >= 0.6 is 11.3 Å². The van der Waals surface area contributed by atoms with Crippen molar-refractivity contribution in [2.45, 2.75) is 65.0 Å². The van der Waals surface area contributed by atoms with Crippen LogP contribution in [-0.4, -0.2) is 40.9 Å². The van der Waals surface area contributed by atoms with Crippen LogP contribution in [0.4, 0.5) is 0 Å². The number of thiazole rings is 1. The zero-order valence-electron chi connectivity index (χ0n) is 19.4. The van der Waals surface area contributed by atoms with Gasteiger partial charge in [0.2, 0.25) is 5.91 Å². The van der Waals surface area contributed by atoms with Crippen LogP contribution in [0.3, 0.4) is 0 Å². The van der Waals surface area contributed by atoms with Gasteiger partial charge in [-0.25, -0.2) is 4.98 Å². The molecule has 1 amide bonds. The summed E-state index contributed by atoms with van der Waals surface area (Å²) in [5, 5.41) is 25.2. The van der Waals surface area contributed by atoms with Gasteiger partial charge in [0.25, 0.3) is 0 Å². The van der Waals surface area contributed by atoms with Gasteiger partial charge >= 0.3 is 0 Å². The Kier molecular flexibility index (Phi) is 6.36. The molecule has 1 fully saturated rings. The highest BCUT2D eigenvalue weighted by molar-refractivity contribution is 7.11. The number of nitrogens with zero attached hydrogens (tertiary/aromatic N) is 1. The molecule has 0 saturated heterocycles. The summed E-state index contributed by atoms with van der Waals surface area (Å²) < 4.78 is 5.40. The van der Waals surface area contributed by atoms with E-state index in [1.807, 2.05) is 38.1 Å². The molecule has 3 N–H and O–H groups in total. The molecule has 2 aliphatic carbocycles. The van der Waals surface area contributed by atoms with Gasteiger partial charge in [0.1, 0.15) is 5.75 Å². The lowest BCUT2D eigenvalue weighted by Gasteiger charge is -2.58. The minimum atomic E-state index is -0.589. The lowest BCUT2D eigenvalue weighted by Crippen LogP contribution is -2.57. The fourth-order valence-electron chi connectivity index (χ4n) is 6.07. The highest BCUT2D eigenvalue weighted by Gasteiger charge is 2.59. The van der Waals surface area contributed by atoms with E-state index in [1.165, 1.54) is 4.88 Å². The van der Waals surface area contributed by atoms with Gasteiger partial charge in [0, 0.05) is 34.7 Å². The maximum Gasteiger partial charge on any atom is 0.220 e. The second-order valence-electron chi connectivity index (χ2n) is 9.87. The Morgan fingerprint density at radius 1 is 1.34 bits per heavy atom. The zero-order valence-corrected chi connectivity index (χ0v) is 20.2. The molecule has 2 aromatic rings. The monoisotopic (exact) mass is 458 g/mol.